The van der Waals surface area contributed by atoms with E-state index >= 15 is 0 Å². The van der Waals surface area contributed by atoms with Gasteiger partial charge in [0.25, 0.3) is 0 Å². The molecule has 6 heteroatoms. The molecule has 1 aromatic heterocycles. The Labute approximate surface area is 139 Å². The first-order chi connectivity index (χ1) is 11.6. The summed E-state index contributed by atoms with van der Waals surface area (Å²) in [6.45, 7) is 0.229. The first-order valence-corrected chi connectivity index (χ1v) is 7.80. The third-order valence-electron chi connectivity index (χ3n) is 3.70. The predicted molar refractivity (Wildman–Crippen MR) is 86.2 cm³/mol. The van der Waals surface area contributed by atoms with E-state index in [1.165, 1.54) is 0 Å². The lowest BCUT2D eigenvalue weighted by molar-refractivity contribution is -0.121. The Hall–Kier alpha value is -2.34. The van der Waals surface area contributed by atoms with Gasteiger partial charge in [-0.05, 0) is 48.7 Å². The maximum absolute atomic E-state index is 13.5. The number of carbonyl (C=O) groups is 1. The number of amides is 1. The van der Waals surface area contributed by atoms with Crippen molar-refractivity contribution in [1.29, 1.82) is 0 Å². The monoisotopic (exact) mass is 334 g/mol. The molecule has 1 amide bonds. The number of hydrogen-bond donors (Lipinski definition) is 2. The molecule has 4 nitrogen and oxygen atoms in total. The number of halogens is 2. The van der Waals surface area contributed by atoms with Crippen molar-refractivity contribution in [2.24, 2.45) is 5.92 Å². The van der Waals surface area contributed by atoms with Gasteiger partial charge in [0.2, 0.25) is 5.91 Å². The quantitative estimate of drug-likeness (QED) is 0.778. The summed E-state index contributed by atoms with van der Waals surface area (Å²) in [7, 11) is 0. The number of hydrogen-bond acceptors (Lipinski definition) is 3. The fourth-order valence-corrected chi connectivity index (χ4v) is 2.35. The highest BCUT2D eigenvalue weighted by molar-refractivity contribution is 5.76. The number of benzene rings is 1. The minimum absolute atomic E-state index is 0.0576. The van der Waals surface area contributed by atoms with Gasteiger partial charge in [0.15, 0.2) is 0 Å². The molecule has 0 bridgehead atoms. The molecule has 1 atom stereocenters. The highest BCUT2D eigenvalue weighted by Gasteiger charge is 2.12. The summed E-state index contributed by atoms with van der Waals surface area (Å²) in [6.07, 6.45) is 2.41. The smallest absolute Gasteiger partial charge is 0.220 e. The molecule has 2 N–H and O–H groups in total. The Morgan fingerprint density at radius 1 is 1.25 bits per heavy atom. The average molecular weight is 334 g/mol. The third-order valence-corrected chi connectivity index (χ3v) is 3.70. The summed E-state index contributed by atoms with van der Waals surface area (Å²) in [5, 5.41) is 12.1. The van der Waals surface area contributed by atoms with Crippen molar-refractivity contribution in [3.05, 3.63) is 65.5 Å². The lowest BCUT2D eigenvalue weighted by atomic mass is 10.0. The van der Waals surface area contributed by atoms with E-state index in [0.29, 0.717) is 13.0 Å². The van der Waals surface area contributed by atoms with Crippen LogP contribution in [0.4, 0.5) is 8.78 Å². The maximum atomic E-state index is 13.5. The Kier molecular flexibility index (Phi) is 6.81. The van der Waals surface area contributed by atoms with Gasteiger partial charge in [-0.15, -0.1) is 0 Å². The largest absolute Gasteiger partial charge is 0.396 e. The van der Waals surface area contributed by atoms with Crippen molar-refractivity contribution in [3.63, 3.8) is 0 Å². The zero-order valence-electron chi connectivity index (χ0n) is 13.2. The molecule has 128 valence electrons. The number of aromatic nitrogens is 1. The minimum atomic E-state index is -0.525. The van der Waals surface area contributed by atoms with Gasteiger partial charge in [-0.3, -0.25) is 9.78 Å². The van der Waals surface area contributed by atoms with Gasteiger partial charge in [-0.1, -0.05) is 6.07 Å². The van der Waals surface area contributed by atoms with Gasteiger partial charge in [0.1, 0.15) is 11.6 Å². The van der Waals surface area contributed by atoms with Gasteiger partial charge in [0.05, 0.1) is 0 Å². The summed E-state index contributed by atoms with van der Waals surface area (Å²) in [4.78, 5) is 16.0. The molecule has 0 aliphatic rings. The van der Waals surface area contributed by atoms with E-state index in [1.54, 1.807) is 6.20 Å². The SMILES string of the molecule is O=C(CCc1cc(F)ccc1F)NCC(CO)Cc1ccccn1. The van der Waals surface area contributed by atoms with Gasteiger partial charge < -0.3 is 10.4 Å². The van der Waals surface area contributed by atoms with Crippen LogP contribution in [0, 0.1) is 17.6 Å². The molecule has 24 heavy (non-hydrogen) atoms. The van der Waals surface area contributed by atoms with Crippen molar-refractivity contribution in [2.45, 2.75) is 19.3 Å². The van der Waals surface area contributed by atoms with Crippen molar-refractivity contribution < 1.29 is 18.7 Å². The zero-order chi connectivity index (χ0) is 17.4. The number of aryl methyl sites for hydroxylation is 1. The van der Waals surface area contributed by atoms with Gasteiger partial charge in [-0.2, -0.15) is 0 Å². The van der Waals surface area contributed by atoms with E-state index in [-0.39, 0.29) is 36.8 Å². The summed E-state index contributed by atoms with van der Waals surface area (Å²) in [5.41, 5.74) is 1.02. The third kappa shape index (κ3) is 5.70. The normalized spacial score (nSPS) is 12.0. The molecular formula is C18H20F2N2O2. The second kappa shape index (κ2) is 9.08. The van der Waals surface area contributed by atoms with Gasteiger partial charge in [0, 0.05) is 37.4 Å². The molecule has 1 unspecified atom stereocenters. The van der Waals surface area contributed by atoms with Crippen molar-refractivity contribution in [2.75, 3.05) is 13.2 Å². The molecule has 0 spiro atoms. The van der Waals surface area contributed by atoms with E-state index in [1.807, 2.05) is 18.2 Å². The first-order valence-electron chi connectivity index (χ1n) is 7.80. The Morgan fingerprint density at radius 2 is 2.08 bits per heavy atom. The second-order valence-corrected chi connectivity index (χ2v) is 5.61. The number of nitrogens with one attached hydrogen (secondary N) is 1. The Morgan fingerprint density at radius 3 is 2.79 bits per heavy atom. The average Bonchev–Trinajstić information content (AvgIpc) is 2.60. The lowest BCUT2D eigenvalue weighted by Gasteiger charge is -2.14. The van der Waals surface area contributed by atoms with E-state index in [9.17, 15) is 18.7 Å². The second-order valence-electron chi connectivity index (χ2n) is 5.61. The molecule has 2 rings (SSSR count). The van der Waals surface area contributed by atoms with E-state index < -0.39 is 11.6 Å². The minimum Gasteiger partial charge on any atom is -0.396 e. The van der Waals surface area contributed by atoms with Gasteiger partial charge >= 0.3 is 0 Å². The molecule has 0 saturated heterocycles. The zero-order valence-corrected chi connectivity index (χ0v) is 13.2. The molecule has 0 radical (unpaired) electrons. The molecule has 1 heterocycles. The lowest BCUT2D eigenvalue weighted by Crippen LogP contribution is -2.32. The van der Waals surface area contributed by atoms with Crippen LogP contribution in [0.3, 0.4) is 0 Å². The van der Waals surface area contributed by atoms with Crippen LogP contribution in [0.1, 0.15) is 17.7 Å². The van der Waals surface area contributed by atoms with E-state index in [4.69, 9.17) is 0 Å². The Balaban J connectivity index is 1.78. The Bertz CT molecular complexity index is 665. The number of aliphatic hydroxyl groups excluding tert-OH is 1. The molecule has 1 aromatic carbocycles. The van der Waals surface area contributed by atoms with E-state index in [2.05, 4.69) is 10.3 Å². The molecule has 0 aliphatic carbocycles. The van der Waals surface area contributed by atoms with Crippen molar-refractivity contribution in [3.8, 4) is 0 Å². The molecule has 2 aromatic rings. The predicted octanol–water partition coefficient (Wildman–Crippen LogP) is 2.26. The summed E-state index contributed by atoms with van der Waals surface area (Å²) >= 11 is 0. The molecule has 0 fully saturated rings. The van der Waals surface area contributed by atoms with Crippen LogP contribution in [0.2, 0.25) is 0 Å². The maximum Gasteiger partial charge on any atom is 0.220 e. The number of aliphatic hydroxyl groups is 1. The topological polar surface area (TPSA) is 62.2 Å². The van der Waals surface area contributed by atoms with Crippen LogP contribution in [-0.2, 0) is 17.6 Å². The van der Waals surface area contributed by atoms with Crippen LogP contribution >= 0.6 is 0 Å². The van der Waals surface area contributed by atoms with E-state index in [0.717, 1.165) is 23.9 Å². The fourth-order valence-electron chi connectivity index (χ4n) is 2.35. The standard InChI is InChI=1S/C18H20F2N2O2/c19-15-5-6-17(20)14(10-15)4-7-18(24)22-11-13(12-23)9-16-3-1-2-8-21-16/h1-3,5-6,8,10,13,23H,4,7,9,11-12H2,(H,22,24). The number of carbonyl (C=O) groups excluding carboxylic acids is 1. The summed E-state index contributed by atoms with van der Waals surface area (Å²) in [5.74, 6) is -1.46. The molecular weight excluding hydrogens is 314 g/mol. The number of nitrogens with zero attached hydrogens (tertiary/aromatic N) is 1. The molecule has 0 aliphatic heterocycles. The van der Waals surface area contributed by atoms with Crippen LogP contribution < -0.4 is 5.32 Å². The van der Waals surface area contributed by atoms with Crippen LogP contribution in [0.25, 0.3) is 0 Å². The van der Waals surface area contributed by atoms with Gasteiger partial charge in [-0.25, -0.2) is 8.78 Å². The first kappa shape index (κ1) is 18.0. The summed E-state index contributed by atoms with van der Waals surface area (Å²) < 4.78 is 26.6. The number of pyridine rings is 1. The summed E-state index contributed by atoms with van der Waals surface area (Å²) in [6, 6.07) is 8.73. The molecule has 0 saturated carbocycles. The van der Waals surface area contributed by atoms with Crippen LogP contribution in [0.15, 0.2) is 42.6 Å². The van der Waals surface area contributed by atoms with Crippen molar-refractivity contribution in [1.82, 2.24) is 10.3 Å². The number of rotatable bonds is 8. The highest BCUT2D eigenvalue weighted by Crippen LogP contribution is 2.12. The van der Waals surface area contributed by atoms with Crippen LogP contribution in [0.5, 0.6) is 0 Å². The fraction of sp³-hybridized carbons (Fsp3) is 0.333. The van der Waals surface area contributed by atoms with Crippen LogP contribution in [-0.4, -0.2) is 29.1 Å². The van der Waals surface area contributed by atoms with Crippen molar-refractivity contribution >= 4 is 5.91 Å². The highest BCUT2D eigenvalue weighted by atomic mass is 19.1.